The van der Waals surface area contributed by atoms with Gasteiger partial charge in [-0.2, -0.15) is 0 Å². The Balaban J connectivity index is 1.99. The van der Waals surface area contributed by atoms with E-state index in [-0.39, 0.29) is 5.75 Å². The Kier molecular flexibility index (Phi) is 2.68. The smallest absolute Gasteiger partial charge is 0.132 e. The van der Waals surface area contributed by atoms with Gasteiger partial charge < -0.3 is 5.11 Å². The van der Waals surface area contributed by atoms with Crippen molar-refractivity contribution in [3.8, 4) is 5.75 Å². The first-order chi connectivity index (χ1) is 8.72. The van der Waals surface area contributed by atoms with Gasteiger partial charge in [-0.05, 0) is 29.8 Å². The van der Waals surface area contributed by atoms with Crippen LogP contribution in [0.2, 0.25) is 5.02 Å². The zero-order valence-corrected chi connectivity index (χ0v) is 10.3. The highest BCUT2D eigenvalue weighted by atomic mass is 35.5. The number of hydrogen-bond acceptors (Lipinski definition) is 2. The van der Waals surface area contributed by atoms with E-state index in [0.717, 1.165) is 21.9 Å². The summed E-state index contributed by atoms with van der Waals surface area (Å²) in [6.45, 7) is 0. The lowest BCUT2D eigenvalue weighted by atomic mass is 10.1. The molecule has 2 heterocycles. The summed E-state index contributed by atoms with van der Waals surface area (Å²) in [5.41, 5.74) is 2.10. The molecule has 0 amide bonds. The lowest BCUT2D eigenvalue weighted by molar-refractivity contribution is 0.471. The van der Waals surface area contributed by atoms with E-state index in [2.05, 4.69) is 4.98 Å². The molecule has 0 spiro atoms. The standard InChI is InChI=1S/C14H11ClN2O/c15-11-3-1-10(2-4-11)7-14-16-8-12-5-6-13(18)9-17(12)14/h1-6,8-9,18H,7H2. The molecular weight excluding hydrogens is 248 g/mol. The molecule has 3 rings (SSSR count). The fraction of sp³-hybridized carbons (Fsp3) is 0.0714. The molecule has 2 aromatic heterocycles. The molecule has 0 fully saturated rings. The van der Waals surface area contributed by atoms with Crippen molar-refractivity contribution in [2.24, 2.45) is 0 Å². The summed E-state index contributed by atoms with van der Waals surface area (Å²) in [5.74, 6) is 1.13. The van der Waals surface area contributed by atoms with Gasteiger partial charge in [0.25, 0.3) is 0 Å². The molecule has 3 nitrogen and oxygen atoms in total. The van der Waals surface area contributed by atoms with E-state index < -0.39 is 0 Å². The highest BCUT2D eigenvalue weighted by Crippen LogP contribution is 2.17. The molecule has 0 aliphatic heterocycles. The number of halogens is 1. The van der Waals surface area contributed by atoms with Crippen LogP contribution in [0.4, 0.5) is 0 Å². The normalized spacial score (nSPS) is 10.9. The monoisotopic (exact) mass is 258 g/mol. The number of hydrogen-bond donors (Lipinski definition) is 1. The van der Waals surface area contributed by atoms with E-state index in [1.807, 2.05) is 34.7 Å². The van der Waals surface area contributed by atoms with E-state index in [4.69, 9.17) is 11.6 Å². The van der Waals surface area contributed by atoms with Gasteiger partial charge in [-0.1, -0.05) is 23.7 Å². The molecule has 18 heavy (non-hydrogen) atoms. The molecule has 90 valence electrons. The van der Waals surface area contributed by atoms with Crippen molar-refractivity contribution in [3.63, 3.8) is 0 Å². The third-order valence-electron chi connectivity index (χ3n) is 2.86. The van der Waals surface area contributed by atoms with Crippen molar-refractivity contribution < 1.29 is 5.11 Å². The quantitative estimate of drug-likeness (QED) is 0.766. The molecule has 1 N–H and O–H groups in total. The van der Waals surface area contributed by atoms with E-state index in [1.165, 1.54) is 0 Å². The van der Waals surface area contributed by atoms with Crippen molar-refractivity contribution >= 4 is 17.1 Å². The van der Waals surface area contributed by atoms with E-state index in [9.17, 15) is 5.11 Å². The summed E-state index contributed by atoms with van der Waals surface area (Å²) in [5, 5.41) is 10.2. The summed E-state index contributed by atoms with van der Waals surface area (Å²) in [4.78, 5) is 4.37. The number of benzene rings is 1. The number of nitrogens with zero attached hydrogens (tertiary/aromatic N) is 2. The van der Waals surface area contributed by atoms with Crippen LogP contribution in [0, 0.1) is 0 Å². The molecule has 4 heteroatoms. The van der Waals surface area contributed by atoms with Crippen molar-refractivity contribution in [2.75, 3.05) is 0 Å². The Bertz CT molecular complexity index is 689. The lowest BCUT2D eigenvalue weighted by Gasteiger charge is -2.02. The molecule has 0 atom stereocenters. The molecule has 0 radical (unpaired) electrons. The van der Waals surface area contributed by atoms with Gasteiger partial charge in [-0.3, -0.25) is 4.40 Å². The van der Waals surface area contributed by atoms with Crippen LogP contribution in [0.3, 0.4) is 0 Å². The van der Waals surface area contributed by atoms with Gasteiger partial charge in [0.15, 0.2) is 0 Å². The van der Waals surface area contributed by atoms with Crippen molar-refractivity contribution in [3.05, 3.63) is 65.2 Å². The van der Waals surface area contributed by atoms with Gasteiger partial charge in [0.2, 0.25) is 0 Å². The number of imidazole rings is 1. The van der Waals surface area contributed by atoms with Crippen LogP contribution in [-0.4, -0.2) is 14.5 Å². The lowest BCUT2D eigenvalue weighted by Crippen LogP contribution is -1.96. The van der Waals surface area contributed by atoms with Gasteiger partial charge >= 0.3 is 0 Å². The predicted octanol–water partition coefficient (Wildman–Crippen LogP) is 3.28. The zero-order chi connectivity index (χ0) is 12.5. The minimum absolute atomic E-state index is 0.234. The number of fused-ring (bicyclic) bond motifs is 1. The fourth-order valence-corrected chi connectivity index (χ4v) is 2.07. The number of rotatable bonds is 2. The predicted molar refractivity (Wildman–Crippen MR) is 71.1 cm³/mol. The van der Waals surface area contributed by atoms with Crippen LogP contribution < -0.4 is 0 Å². The minimum Gasteiger partial charge on any atom is -0.506 e. The maximum atomic E-state index is 9.51. The van der Waals surface area contributed by atoms with Crippen LogP contribution >= 0.6 is 11.6 Å². The molecule has 0 unspecified atom stereocenters. The molecule has 0 aliphatic rings. The molecule has 0 bridgehead atoms. The maximum Gasteiger partial charge on any atom is 0.132 e. The Morgan fingerprint density at radius 2 is 1.89 bits per heavy atom. The highest BCUT2D eigenvalue weighted by Gasteiger charge is 2.05. The van der Waals surface area contributed by atoms with Crippen molar-refractivity contribution in [2.45, 2.75) is 6.42 Å². The van der Waals surface area contributed by atoms with Crippen LogP contribution in [0.1, 0.15) is 11.4 Å². The number of aromatic hydroxyl groups is 1. The Morgan fingerprint density at radius 3 is 2.67 bits per heavy atom. The van der Waals surface area contributed by atoms with Gasteiger partial charge in [0.1, 0.15) is 11.6 Å². The summed E-state index contributed by atoms with van der Waals surface area (Å²) in [7, 11) is 0. The van der Waals surface area contributed by atoms with Crippen molar-refractivity contribution in [1.82, 2.24) is 9.38 Å². The van der Waals surface area contributed by atoms with Gasteiger partial charge in [0.05, 0.1) is 17.9 Å². The summed E-state index contributed by atoms with van der Waals surface area (Å²) >= 11 is 5.86. The molecule has 0 saturated heterocycles. The molecular formula is C14H11ClN2O. The largest absolute Gasteiger partial charge is 0.506 e. The Labute approximate surface area is 109 Å². The molecule has 1 aromatic carbocycles. The first-order valence-electron chi connectivity index (χ1n) is 5.62. The van der Waals surface area contributed by atoms with Gasteiger partial charge in [0, 0.05) is 11.4 Å². The van der Waals surface area contributed by atoms with Crippen molar-refractivity contribution in [1.29, 1.82) is 0 Å². The molecule has 0 saturated carbocycles. The second kappa shape index (κ2) is 4.35. The third-order valence-corrected chi connectivity index (χ3v) is 3.12. The molecule has 3 aromatic rings. The number of pyridine rings is 1. The van der Waals surface area contributed by atoms with Crippen LogP contribution in [-0.2, 0) is 6.42 Å². The second-order valence-corrected chi connectivity index (χ2v) is 4.60. The Morgan fingerprint density at radius 1 is 1.11 bits per heavy atom. The molecule has 0 aliphatic carbocycles. The minimum atomic E-state index is 0.234. The average molecular weight is 259 g/mol. The maximum absolute atomic E-state index is 9.51. The Hall–Kier alpha value is -2.00. The van der Waals surface area contributed by atoms with E-state index in [0.29, 0.717) is 6.42 Å². The van der Waals surface area contributed by atoms with E-state index in [1.54, 1.807) is 18.5 Å². The summed E-state index contributed by atoms with van der Waals surface area (Å²) < 4.78 is 1.89. The highest BCUT2D eigenvalue weighted by molar-refractivity contribution is 6.30. The van der Waals surface area contributed by atoms with Gasteiger partial charge in [-0.15, -0.1) is 0 Å². The van der Waals surface area contributed by atoms with Crippen LogP contribution in [0.25, 0.3) is 5.52 Å². The average Bonchev–Trinajstić information content (AvgIpc) is 2.75. The first kappa shape index (κ1) is 11.1. The second-order valence-electron chi connectivity index (χ2n) is 4.16. The van der Waals surface area contributed by atoms with Crippen LogP contribution in [0.15, 0.2) is 48.8 Å². The third kappa shape index (κ3) is 2.05. The topological polar surface area (TPSA) is 37.5 Å². The summed E-state index contributed by atoms with van der Waals surface area (Å²) in [6.07, 6.45) is 4.17. The van der Waals surface area contributed by atoms with Crippen LogP contribution in [0.5, 0.6) is 5.75 Å². The van der Waals surface area contributed by atoms with Gasteiger partial charge in [-0.25, -0.2) is 4.98 Å². The van der Waals surface area contributed by atoms with E-state index >= 15 is 0 Å². The number of aromatic nitrogens is 2. The first-order valence-corrected chi connectivity index (χ1v) is 5.99. The SMILES string of the molecule is Oc1ccc2cnc(Cc3ccc(Cl)cc3)n2c1. The fourth-order valence-electron chi connectivity index (χ4n) is 1.95. The zero-order valence-electron chi connectivity index (χ0n) is 9.55. The summed E-state index contributed by atoms with van der Waals surface area (Å²) in [6, 6.07) is 11.2.